The van der Waals surface area contributed by atoms with Gasteiger partial charge in [-0.05, 0) is 44.5 Å². The molecule has 1 aromatic heterocycles. The number of aromatic nitrogens is 1. The average molecular weight is 340 g/mol. The Balaban J connectivity index is 2.36. The van der Waals surface area contributed by atoms with Crippen molar-refractivity contribution in [2.45, 2.75) is 39.1 Å². The second kappa shape index (κ2) is 6.59. The molecule has 0 bridgehead atoms. The molecule has 0 spiro atoms. The first-order valence-electron chi connectivity index (χ1n) is 7.37. The van der Waals surface area contributed by atoms with Crippen LogP contribution in [0.3, 0.4) is 0 Å². The van der Waals surface area contributed by atoms with Gasteiger partial charge in [-0.1, -0.05) is 18.2 Å². The summed E-state index contributed by atoms with van der Waals surface area (Å²) in [7, 11) is 0. The van der Waals surface area contributed by atoms with Crippen molar-refractivity contribution >= 4 is 6.09 Å². The lowest BCUT2D eigenvalue weighted by Crippen LogP contribution is -2.43. The molecular formula is C17H19F3N2O2. The normalized spacial score (nSPS) is 12.1. The molecule has 1 amide bonds. The van der Waals surface area contributed by atoms with Crippen LogP contribution in [0.15, 0.2) is 48.8 Å². The Labute approximate surface area is 138 Å². The second-order valence-electron chi connectivity index (χ2n) is 6.26. The van der Waals surface area contributed by atoms with Gasteiger partial charge in [0.25, 0.3) is 0 Å². The average Bonchev–Trinajstić information content (AvgIpc) is 2.96. The zero-order chi connectivity index (χ0) is 18.0. The summed E-state index contributed by atoms with van der Waals surface area (Å²) in [5.41, 5.74) is -1.54. The molecule has 0 saturated heterocycles. The molecule has 130 valence electrons. The van der Waals surface area contributed by atoms with Crippen LogP contribution in [0.5, 0.6) is 0 Å². The van der Waals surface area contributed by atoms with E-state index < -0.39 is 23.4 Å². The number of benzene rings is 1. The lowest BCUT2D eigenvalue weighted by molar-refractivity contribution is -0.138. The first-order valence-corrected chi connectivity index (χ1v) is 7.37. The summed E-state index contributed by atoms with van der Waals surface area (Å²) < 4.78 is 46.2. The monoisotopic (exact) mass is 340 g/mol. The quantitative estimate of drug-likeness (QED) is 0.820. The van der Waals surface area contributed by atoms with Crippen LogP contribution < -0.4 is 5.01 Å². The van der Waals surface area contributed by atoms with Gasteiger partial charge in [0.1, 0.15) is 5.60 Å². The molecule has 0 aliphatic rings. The molecule has 24 heavy (non-hydrogen) atoms. The summed E-state index contributed by atoms with van der Waals surface area (Å²) in [5.74, 6) is 0. The fourth-order valence-electron chi connectivity index (χ4n) is 2.14. The molecule has 1 heterocycles. The van der Waals surface area contributed by atoms with Gasteiger partial charge in [-0.25, -0.2) is 9.80 Å². The molecule has 2 aromatic rings. The maximum atomic E-state index is 13.2. The van der Waals surface area contributed by atoms with E-state index in [1.165, 1.54) is 22.9 Å². The molecule has 1 aromatic carbocycles. The Bertz CT molecular complexity index is 689. The van der Waals surface area contributed by atoms with Gasteiger partial charge in [0.05, 0.1) is 12.1 Å². The van der Waals surface area contributed by atoms with Gasteiger partial charge < -0.3 is 4.74 Å². The van der Waals surface area contributed by atoms with Crippen LogP contribution in [0, 0.1) is 0 Å². The molecule has 0 atom stereocenters. The van der Waals surface area contributed by atoms with Crippen LogP contribution in [0.2, 0.25) is 0 Å². The van der Waals surface area contributed by atoms with Crippen molar-refractivity contribution in [3.63, 3.8) is 0 Å². The number of ether oxygens (including phenoxy) is 1. The first-order chi connectivity index (χ1) is 11.1. The highest BCUT2D eigenvalue weighted by molar-refractivity contribution is 5.79. The molecule has 0 N–H and O–H groups in total. The van der Waals surface area contributed by atoms with E-state index in [1.807, 2.05) is 0 Å². The summed E-state index contributed by atoms with van der Waals surface area (Å²) in [6, 6.07) is 8.52. The summed E-state index contributed by atoms with van der Waals surface area (Å²) in [6.45, 7) is 4.83. The standard InChI is InChI=1S/C17H19F3N2O2/c1-16(2,3)24-15(23)22(21-10-6-7-11-21)12-13-8-4-5-9-14(13)17(18,19)20/h4-11H,12H2,1-3H3. The van der Waals surface area contributed by atoms with Crippen LogP contribution in [0.4, 0.5) is 18.0 Å². The number of carbonyl (C=O) groups excluding carboxylic acids is 1. The van der Waals surface area contributed by atoms with Crippen LogP contribution >= 0.6 is 0 Å². The number of halogens is 3. The smallest absolute Gasteiger partial charge is 0.429 e. The number of hydrogen-bond acceptors (Lipinski definition) is 2. The van der Waals surface area contributed by atoms with Crippen molar-refractivity contribution in [1.82, 2.24) is 4.68 Å². The van der Waals surface area contributed by atoms with Gasteiger partial charge in [0.15, 0.2) is 0 Å². The van der Waals surface area contributed by atoms with Crippen molar-refractivity contribution in [1.29, 1.82) is 0 Å². The minimum atomic E-state index is -4.49. The van der Waals surface area contributed by atoms with Crippen molar-refractivity contribution in [2.75, 3.05) is 5.01 Å². The number of amides is 1. The Kier molecular flexibility index (Phi) is 4.91. The van der Waals surface area contributed by atoms with E-state index in [-0.39, 0.29) is 12.1 Å². The number of carbonyl (C=O) groups is 1. The predicted molar refractivity (Wildman–Crippen MR) is 84.0 cm³/mol. The number of hydrogen-bond donors (Lipinski definition) is 0. The van der Waals surface area contributed by atoms with Gasteiger partial charge in [0, 0.05) is 12.4 Å². The van der Waals surface area contributed by atoms with Crippen molar-refractivity contribution in [2.24, 2.45) is 0 Å². The maximum absolute atomic E-state index is 13.2. The third-order valence-electron chi connectivity index (χ3n) is 3.11. The first kappa shape index (κ1) is 17.9. The molecule has 0 aliphatic heterocycles. The van der Waals surface area contributed by atoms with Gasteiger partial charge in [-0.2, -0.15) is 13.2 Å². The second-order valence-corrected chi connectivity index (χ2v) is 6.26. The molecule has 4 nitrogen and oxygen atoms in total. The van der Waals surface area contributed by atoms with E-state index >= 15 is 0 Å². The van der Waals surface area contributed by atoms with Crippen LogP contribution in [-0.4, -0.2) is 16.4 Å². The van der Waals surface area contributed by atoms with Gasteiger partial charge >= 0.3 is 12.3 Å². The predicted octanol–water partition coefficient (Wildman–Crippen LogP) is 4.58. The Morgan fingerprint density at radius 3 is 2.21 bits per heavy atom. The van der Waals surface area contributed by atoms with Gasteiger partial charge in [0.2, 0.25) is 0 Å². The lowest BCUT2D eigenvalue weighted by Gasteiger charge is -2.28. The van der Waals surface area contributed by atoms with E-state index in [9.17, 15) is 18.0 Å². The zero-order valence-corrected chi connectivity index (χ0v) is 13.7. The minimum absolute atomic E-state index is 0.00967. The van der Waals surface area contributed by atoms with Crippen LogP contribution in [-0.2, 0) is 17.5 Å². The van der Waals surface area contributed by atoms with Crippen molar-refractivity contribution in [3.8, 4) is 0 Å². The molecule has 0 aliphatic carbocycles. The third kappa shape index (κ3) is 4.53. The highest BCUT2D eigenvalue weighted by atomic mass is 19.4. The largest absolute Gasteiger partial charge is 0.442 e. The maximum Gasteiger partial charge on any atom is 0.429 e. The third-order valence-corrected chi connectivity index (χ3v) is 3.11. The number of nitrogens with zero attached hydrogens (tertiary/aromatic N) is 2. The highest BCUT2D eigenvalue weighted by Crippen LogP contribution is 2.32. The minimum Gasteiger partial charge on any atom is -0.442 e. The Morgan fingerprint density at radius 1 is 1.08 bits per heavy atom. The summed E-state index contributed by atoms with van der Waals surface area (Å²) in [5, 5.41) is 1.12. The van der Waals surface area contributed by atoms with Crippen LogP contribution in [0.1, 0.15) is 31.9 Å². The fraction of sp³-hybridized carbons (Fsp3) is 0.353. The van der Waals surface area contributed by atoms with Gasteiger partial charge in [-0.15, -0.1) is 0 Å². The number of alkyl halides is 3. The molecular weight excluding hydrogens is 321 g/mol. The van der Waals surface area contributed by atoms with Crippen molar-refractivity contribution in [3.05, 3.63) is 59.9 Å². The van der Waals surface area contributed by atoms with Crippen molar-refractivity contribution < 1.29 is 22.7 Å². The van der Waals surface area contributed by atoms with E-state index in [2.05, 4.69) is 0 Å². The molecule has 0 radical (unpaired) electrons. The zero-order valence-electron chi connectivity index (χ0n) is 13.7. The summed E-state index contributed by atoms with van der Waals surface area (Å²) >= 11 is 0. The fourth-order valence-corrected chi connectivity index (χ4v) is 2.14. The molecule has 0 unspecified atom stereocenters. The topological polar surface area (TPSA) is 34.5 Å². The SMILES string of the molecule is CC(C)(C)OC(=O)N(Cc1ccccc1C(F)(F)F)n1cccc1. The summed E-state index contributed by atoms with van der Waals surface area (Å²) in [6.07, 6.45) is -2.08. The molecule has 2 rings (SSSR count). The highest BCUT2D eigenvalue weighted by Gasteiger charge is 2.34. The summed E-state index contributed by atoms with van der Waals surface area (Å²) in [4.78, 5) is 12.4. The van der Waals surface area contributed by atoms with E-state index in [0.717, 1.165) is 11.1 Å². The van der Waals surface area contributed by atoms with E-state index in [0.29, 0.717) is 0 Å². The number of rotatable bonds is 3. The molecule has 7 heteroatoms. The van der Waals surface area contributed by atoms with E-state index in [1.54, 1.807) is 45.3 Å². The molecule has 0 saturated carbocycles. The molecule has 0 fully saturated rings. The van der Waals surface area contributed by atoms with E-state index in [4.69, 9.17) is 4.74 Å². The lowest BCUT2D eigenvalue weighted by atomic mass is 10.1. The Morgan fingerprint density at radius 2 is 1.67 bits per heavy atom. The Hall–Kier alpha value is -2.44. The van der Waals surface area contributed by atoms with Crippen LogP contribution in [0.25, 0.3) is 0 Å². The van der Waals surface area contributed by atoms with Gasteiger partial charge in [-0.3, -0.25) is 4.68 Å².